The van der Waals surface area contributed by atoms with E-state index < -0.39 is 0 Å². The van der Waals surface area contributed by atoms with Crippen molar-refractivity contribution in [3.63, 3.8) is 0 Å². The fraction of sp³-hybridized carbons (Fsp3) is 0.158. The number of amides is 1. The highest BCUT2D eigenvalue weighted by Gasteiger charge is 2.10. The molecule has 0 aliphatic heterocycles. The first kappa shape index (κ1) is 17.8. The van der Waals surface area contributed by atoms with E-state index in [4.69, 9.17) is 11.6 Å². The molecule has 6 nitrogen and oxygen atoms in total. The molecule has 0 aliphatic rings. The van der Waals surface area contributed by atoms with Crippen molar-refractivity contribution in [3.8, 4) is 0 Å². The second-order valence-corrected chi connectivity index (χ2v) is 6.20. The molecule has 2 heterocycles. The Morgan fingerprint density at radius 1 is 1.12 bits per heavy atom. The standard InChI is InChI=1S/C19H18ClN5O/c1-25(12-9-14-7-10-21-11-8-14)18-6-5-17(23-24-18)19(26)22-16-4-2-3-15(20)13-16/h2-8,10-11,13H,9,12H2,1H3,(H,22,26). The van der Waals surface area contributed by atoms with Crippen molar-refractivity contribution in [1.29, 1.82) is 0 Å². The predicted molar refractivity (Wildman–Crippen MR) is 103 cm³/mol. The van der Waals surface area contributed by atoms with Gasteiger partial charge in [0.1, 0.15) is 0 Å². The molecule has 0 saturated heterocycles. The average molecular weight is 368 g/mol. The Morgan fingerprint density at radius 2 is 1.92 bits per heavy atom. The molecule has 0 fully saturated rings. The number of pyridine rings is 1. The lowest BCUT2D eigenvalue weighted by Gasteiger charge is -2.17. The Bertz CT molecular complexity index is 871. The minimum absolute atomic E-state index is 0.247. The highest BCUT2D eigenvalue weighted by atomic mass is 35.5. The van der Waals surface area contributed by atoms with Crippen LogP contribution in [0.4, 0.5) is 11.5 Å². The van der Waals surface area contributed by atoms with E-state index in [1.54, 1.807) is 48.8 Å². The number of hydrogen-bond donors (Lipinski definition) is 1. The maximum atomic E-state index is 12.2. The van der Waals surface area contributed by atoms with Gasteiger partial charge in [0.15, 0.2) is 11.5 Å². The second-order valence-electron chi connectivity index (χ2n) is 5.77. The maximum Gasteiger partial charge on any atom is 0.276 e. The molecule has 3 aromatic rings. The average Bonchev–Trinajstić information content (AvgIpc) is 2.67. The molecule has 2 aromatic heterocycles. The number of carbonyl (C=O) groups excluding carboxylic acids is 1. The Morgan fingerprint density at radius 3 is 2.62 bits per heavy atom. The first-order chi connectivity index (χ1) is 12.6. The van der Waals surface area contributed by atoms with Gasteiger partial charge in [-0.3, -0.25) is 9.78 Å². The van der Waals surface area contributed by atoms with Crippen LogP contribution in [0.5, 0.6) is 0 Å². The zero-order valence-electron chi connectivity index (χ0n) is 14.3. The number of nitrogens with zero attached hydrogens (tertiary/aromatic N) is 4. The lowest BCUT2D eigenvalue weighted by molar-refractivity contribution is 0.102. The lowest BCUT2D eigenvalue weighted by Crippen LogP contribution is -2.22. The van der Waals surface area contributed by atoms with E-state index >= 15 is 0 Å². The zero-order chi connectivity index (χ0) is 18.4. The van der Waals surface area contributed by atoms with Crippen LogP contribution in [0, 0.1) is 0 Å². The molecule has 0 bridgehead atoms. The van der Waals surface area contributed by atoms with Crippen LogP contribution >= 0.6 is 11.6 Å². The normalized spacial score (nSPS) is 10.4. The summed E-state index contributed by atoms with van der Waals surface area (Å²) in [6, 6.07) is 14.4. The summed E-state index contributed by atoms with van der Waals surface area (Å²) >= 11 is 5.92. The molecule has 1 N–H and O–H groups in total. The van der Waals surface area contributed by atoms with E-state index in [9.17, 15) is 4.79 Å². The number of anilines is 2. The SMILES string of the molecule is CN(CCc1ccncc1)c1ccc(C(=O)Nc2cccc(Cl)c2)nn1. The number of carbonyl (C=O) groups is 1. The molecule has 0 radical (unpaired) electrons. The summed E-state index contributed by atoms with van der Waals surface area (Å²) in [6.45, 7) is 0.784. The summed E-state index contributed by atoms with van der Waals surface area (Å²) < 4.78 is 0. The fourth-order valence-corrected chi connectivity index (χ4v) is 2.56. The minimum Gasteiger partial charge on any atom is -0.358 e. The van der Waals surface area contributed by atoms with Gasteiger partial charge < -0.3 is 10.2 Å². The number of rotatable bonds is 6. The summed E-state index contributed by atoms with van der Waals surface area (Å²) in [5, 5.41) is 11.5. The van der Waals surface area contributed by atoms with Crippen molar-refractivity contribution in [1.82, 2.24) is 15.2 Å². The van der Waals surface area contributed by atoms with Crippen LogP contribution in [0.2, 0.25) is 5.02 Å². The van der Waals surface area contributed by atoms with Crippen LogP contribution in [-0.4, -0.2) is 34.7 Å². The topological polar surface area (TPSA) is 71.0 Å². The van der Waals surface area contributed by atoms with Gasteiger partial charge in [0.2, 0.25) is 0 Å². The summed E-state index contributed by atoms with van der Waals surface area (Å²) in [5.74, 6) is 0.379. The van der Waals surface area contributed by atoms with Gasteiger partial charge in [-0.15, -0.1) is 10.2 Å². The molecule has 0 atom stereocenters. The van der Waals surface area contributed by atoms with E-state index in [1.165, 1.54) is 5.56 Å². The molecule has 1 amide bonds. The summed E-state index contributed by atoms with van der Waals surface area (Å²) in [4.78, 5) is 18.2. The van der Waals surface area contributed by atoms with E-state index in [-0.39, 0.29) is 11.6 Å². The third-order valence-corrected chi connectivity index (χ3v) is 4.08. The van der Waals surface area contributed by atoms with Gasteiger partial charge in [-0.25, -0.2) is 0 Å². The molecular weight excluding hydrogens is 350 g/mol. The van der Waals surface area contributed by atoms with Crippen molar-refractivity contribution < 1.29 is 4.79 Å². The summed E-state index contributed by atoms with van der Waals surface area (Å²) in [5.41, 5.74) is 2.07. The summed E-state index contributed by atoms with van der Waals surface area (Å²) in [6.07, 6.45) is 4.43. The van der Waals surface area contributed by atoms with Gasteiger partial charge >= 0.3 is 0 Å². The smallest absolute Gasteiger partial charge is 0.276 e. The number of likely N-dealkylation sites (N-methyl/N-ethyl adjacent to an activating group) is 1. The maximum absolute atomic E-state index is 12.2. The third-order valence-electron chi connectivity index (χ3n) is 3.84. The molecule has 3 rings (SSSR count). The third kappa shape index (κ3) is 4.77. The van der Waals surface area contributed by atoms with Crippen LogP contribution in [0.15, 0.2) is 60.9 Å². The lowest BCUT2D eigenvalue weighted by atomic mass is 10.2. The van der Waals surface area contributed by atoms with E-state index in [0.29, 0.717) is 16.5 Å². The minimum atomic E-state index is -0.328. The van der Waals surface area contributed by atoms with Crippen LogP contribution in [0.25, 0.3) is 0 Å². The fourth-order valence-electron chi connectivity index (χ4n) is 2.37. The van der Waals surface area contributed by atoms with Gasteiger partial charge in [-0.05, 0) is 54.4 Å². The molecule has 26 heavy (non-hydrogen) atoms. The van der Waals surface area contributed by atoms with Crippen LogP contribution in [-0.2, 0) is 6.42 Å². The number of nitrogens with one attached hydrogen (secondary N) is 1. The number of benzene rings is 1. The molecule has 0 saturated carbocycles. The van der Waals surface area contributed by atoms with Gasteiger partial charge in [0.05, 0.1) is 0 Å². The molecule has 1 aromatic carbocycles. The number of hydrogen-bond acceptors (Lipinski definition) is 5. The van der Waals surface area contributed by atoms with Gasteiger partial charge in [0, 0.05) is 36.7 Å². The van der Waals surface area contributed by atoms with Crippen LogP contribution in [0.3, 0.4) is 0 Å². The first-order valence-corrected chi connectivity index (χ1v) is 8.50. The highest BCUT2D eigenvalue weighted by Crippen LogP contribution is 2.16. The van der Waals surface area contributed by atoms with Gasteiger partial charge in [-0.2, -0.15) is 0 Å². The molecule has 7 heteroatoms. The Hall–Kier alpha value is -2.99. The molecule has 132 valence electrons. The number of halogens is 1. The van der Waals surface area contributed by atoms with Crippen molar-refractivity contribution in [2.45, 2.75) is 6.42 Å². The van der Waals surface area contributed by atoms with Crippen molar-refractivity contribution in [2.75, 3.05) is 23.8 Å². The molecule has 0 aliphatic carbocycles. The van der Waals surface area contributed by atoms with E-state index in [0.717, 1.165) is 13.0 Å². The van der Waals surface area contributed by atoms with Crippen molar-refractivity contribution in [3.05, 3.63) is 77.2 Å². The van der Waals surface area contributed by atoms with Gasteiger partial charge in [0.25, 0.3) is 5.91 Å². The van der Waals surface area contributed by atoms with Gasteiger partial charge in [-0.1, -0.05) is 17.7 Å². The molecule has 0 unspecified atom stereocenters. The number of aromatic nitrogens is 3. The van der Waals surface area contributed by atoms with Crippen molar-refractivity contribution >= 4 is 29.0 Å². The zero-order valence-corrected chi connectivity index (χ0v) is 15.0. The first-order valence-electron chi connectivity index (χ1n) is 8.12. The predicted octanol–water partition coefficient (Wildman–Crippen LogP) is 3.46. The van der Waals surface area contributed by atoms with Crippen LogP contribution in [0.1, 0.15) is 16.1 Å². The highest BCUT2D eigenvalue weighted by molar-refractivity contribution is 6.30. The van der Waals surface area contributed by atoms with E-state index in [1.807, 2.05) is 24.1 Å². The van der Waals surface area contributed by atoms with Crippen molar-refractivity contribution in [2.24, 2.45) is 0 Å². The Balaban J connectivity index is 1.59. The van der Waals surface area contributed by atoms with Crippen LogP contribution < -0.4 is 10.2 Å². The monoisotopic (exact) mass is 367 g/mol. The Kier molecular flexibility index (Phi) is 5.76. The largest absolute Gasteiger partial charge is 0.358 e. The summed E-state index contributed by atoms with van der Waals surface area (Å²) in [7, 11) is 1.94. The molecular formula is C19H18ClN5O. The molecule has 0 spiro atoms. The Labute approximate surface area is 156 Å². The van der Waals surface area contributed by atoms with E-state index in [2.05, 4.69) is 20.5 Å². The quantitative estimate of drug-likeness (QED) is 0.722. The second kappa shape index (κ2) is 8.40.